The van der Waals surface area contributed by atoms with E-state index in [1.807, 2.05) is 6.92 Å². The van der Waals surface area contributed by atoms with Crippen molar-refractivity contribution in [1.29, 1.82) is 10.5 Å². The number of nitriles is 2. The lowest BCUT2D eigenvalue weighted by Gasteiger charge is -2.11. The van der Waals surface area contributed by atoms with E-state index < -0.39 is 29.3 Å². The third-order valence-corrected chi connectivity index (χ3v) is 7.11. The van der Waals surface area contributed by atoms with Gasteiger partial charge in [-0.2, -0.15) is 20.2 Å². The summed E-state index contributed by atoms with van der Waals surface area (Å²) in [6.07, 6.45) is -5.55. The van der Waals surface area contributed by atoms with E-state index in [2.05, 4.69) is 14.4 Å². The van der Waals surface area contributed by atoms with Crippen molar-refractivity contribution in [3.8, 4) is 17.9 Å². The van der Waals surface area contributed by atoms with E-state index in [1.165, 1.54) is 12.1 Å². The third-order valence-electron chi connectivity index (χ3n) is 7.11. The predicted octanol–water partition coefficient (Wildman–Crippen LogP) is 6.08. The molecule has 0 unspecified atom stereocenters. The van der Waals surface area contributed by atoms with Crippen LogP contribution in [0.25, 0.3) is 20.8 Å². The SMILES string of the molecule is [C-]#[N+]C([N+]#[C-])=C1Cc2c(F)c3c(c(F)c2=C1c1ccc(C)cc1)CC(=C(C#N)C#N)C=3c1ccc(OC(F)(F)F)cc1. The van der Waals surface area contributed by atoms with Gasteiger partial charge in [-0.1, -0.05) is 42.0 Å². The molecule has 5 rings (SSSR count). The minimum atomic E-state index is -4.95. The molecule has 0 amide bonds. The van der Waals surface area contributed by atoms with Gasteiger partial charge in [-0.05, 0) is 46.9 Å². The Labute approximate surface area is 236 Å². The molecule has 0 aromatic heterocycles. The van der Waals surface area contributed by atoms with Gasteiger partial charge >= 0.3 is 12.2 Å². The number of rotatable bonds is 3. The molecule has 3 aromatic carbocycles. The second-order valence-corrected chi connectivity index (χ2v) is 9.48. The van der Waals surface area contributed by atoms with Crippen LogP contribution in [0.2, 0.25) is 0 Å². The van der Waals surface area contributed by atoms with E-state index >= 15 is 8.78 Å². The Morgan fingerprint density at radius 3 is 1.69 bits per heavy atom. The average molecular weight is 566 g/mol. The topological polar surface area (TPSA) is 65.5 Å². The zero-order valence-corrected chi connectivity index (χ0v) is 21.6. The number of allylic oxidation sites excluding steroid dienone is 3. The molecule has 5 nitrogen and oxygen atoms in total. The highest BCUT2D eigenvalue weighted by atomic mass is 19.4. The van der Waals surface area contributed by atoms with Gasteiger partial charge in [0.25, 0.3) is 0 Å². The first-order valence-electron chi connectivity index (χ1n) is 12.3. The minimum Gasteiger partial charge on any atom is -0.406 e. The van der Waals surface area contributed by atoms with Gasteiger partial charge in [-0.25, -0.2) is 8.78 Å². The Bertz CT molecular complexity index is 2010. The molecule has 0 saturated heterocycles. The van der Waals surface area contributed by atoms with Gasteiger partial charge in [-0.3, -0.25) is 0 Å². The highest BCUT2D eigenvalue weighted by Gasteiger charge is 2.36. The average Bonchev–Trinajstić information content (AvgIpc) is 3.54. The largest absolute Gasteiger partial charge is 0.573 e. The summed E-state index contributed by atoms with van der Waals surface area (Å²) in [5.41, 5.74) is 1.26. The molecule has 0 spiro atoms. The molecule has 204 valence electrons. The summed E-state index contributed by atoms with van der Waals surface area (Å²) in [5.74, 6) is -2.58. The first kappa shape index (κ1) is 27.8. The quantitative estimate of drug-likeness (QED) is 0.220. The normalized spacial score (nSPS) is 13.5. The fourth-order valence-electron chi connectivity index (χ4n) is 5.38. The molecule has 0 atom stereocenters. The Morgan fingerprint density at radius 2 is 1.24 bits per heavy atom. The summed E-state index contributed by atoms with van der Waals surface area (Å²) in [5, 5.41) is 18.9. The molecule has 0 saturated carbocycles. The minimum absolute atomic E-state index is 0.00856. The maximum absolute atomic E-state index is 16.6. The van der Waals surface area contributed by atoms with Crippen molar-refractivity contribution in [2.45, 2.75) is 26.1 Å². The third kappa shape index (κ3) is 4.56. The summed E-state index contributed by atoms with van der Waals surface area (Å²) in [6, 6.07) is 14.8. The molecule has 3 aromatic rings. The number of alkyl halides is 3. The summed E-state index contributed by atoms with van der Waals surface area (Å²) in [6.45, 7) is 16.8. The zero-order chi connectivity index (χ0) is 30.3. The number of aryl methyl sites for hydroxylation is 1. The summed E-state index contributed by atoms with van der Waals surface area (Å²) >= 11 is 0. The molecule has 0 radical (unpaired) electrons. The molecular weight excluding hydrogens is 551 g/mol. The number of benzene rings is 3. The van der Waals surface area contributed by atoms with Crippen LogP contribution in [0.15, 0.2) is 71.1 Å². The van der Waals surface area contributed by atoms with Crippen LogP contribution in [0.3, 0.4) is 0 Å². The molecule has 42 heavy (non-hydrogen) atoms. The lowest BCUT2D eigenvalue weighted by Crippen LogP contribution is -2.27. The van der Waals surface area contributed by atoms with Crippen LogP contribution in [0.5, 0.6) is 5.75 Å². The van der Waals surface area contributed by atoms with Gasteiger partial charge in [0, 0.05) is 34.4 Å². The van der Waals surface area contributed by atoms with Crippen molar-refractivity contribution in [3.05, 3.63) is 144 Å². The maximum Gasteiger partial charge on any atom is 0.573 e. The molecule has 10 heteroatoms. The summed E-state index contributed by atoms with van der Waals surface area (Å²) < 4.78 is 75.2. The Morgan fingerprint density at radius 1 is 0.786 bits per heavy atom. The standard InChI is InChI=1S/C32H15F5N4O/c1-16-4-6-17(7-5-16)26-24(31(40-2)41-3)13-23-28(26)29(33)22-12-21(19(14-38)15-39)25(27(22)30(23)34)18-8-10-20(11-9-18)42-32(35,36)37/h4-11H,12-13H2,1H3. The van der Waals surface area contributed by atoms with E-state index in [9.17, 15) is 23.7 Å². The first-order chi connectivity index (χ1) is 20.0. The summed E-state index contributed by atoms with van der Waals surface area (Å²) in [7, 11) is 0. The molecule has 0 fully saturated rings. The van der Waals surface area contributed by atoms with Crippen LogP contribution in [0.1, 0.15) is 27.8 Å². The van der Waals surface area contributed by atoms with Gasteiger partial charge in [0.2, 0.25) is 0 Å². The fraction of sp³-hybridized carbons (Fsp3) is 0.125. The van der Waals surface area contributed by atoms with Gasteiger partial charge in [0.15, 0.2) is 0 Å². The van der Waals surface area contributed by atoms with E-state index in [1.54, 1.807) is 36.4 Å². The lowest BCUT2D eigenvalue weighted by molar-refractivity contribution is -0.274. The van der Waals surface area contributed by atoms with Crippen molar-refractivity contribution in [2.24, 2.45) is 0 Å². The summed E-state index contributed by atoms with van der Waals surface area (Å²) in [4.78, 5) is 6.58. The predicted molar refractivity (Wildman–Crippen MR) is 141 cm³/mol. The van der Waals surface area contributed by atoms with Crippen LogP contribution in [0, 0.1) is 54.4 Å². The molecule has 2 aliphatic carbocycles. The fourth-order valence-corrected chi connectivity index (χ4v) is 5.38. The van der Waals surface area contributed by atoms with Gasteiger partial charge in [0.1, 0.15) is 48.2 Å². The number of ether oxygens (including phenoxy) is 1. The highest BCUT2D eigenvalue weighted by Crippen LogP contribution is 2.37. The van der Waals surface area contributed by atoms with Crippen LogP contribution in [0.4, 0.5) is 22.0 Å². The van der Waals surface area contributed by atoms with Gasteiger partial charge < -0.3 is 4.74 Å². The molecule has 2 aliphatic rings. The number of hydrogen-bond donors (Lipinski definition) is 0. The Balaban J connectivity index is 1.90. The van der Waals surface area contributed by atoms with E-state index in [0.29, 0.717) is 5.56 Å². The second kappa shape index (κ2) is 10.4. The number of fused-ring (bicyclic) bond motifs is 2. The van der Waals surface area contributed by atoms with Crippen molar-refractivity contribution < 1.29 is 26.7 Å². The smallest absolute Gasteiger partial charge is 0.406 e. The van der Waals surface area contributed by atoms with E-state index in [4.69, 9.17) is 13.1 Å². The van der Waals surface area contributed by atoms with Crippen LogP contribution in [-0.4, -0.2) is 6.36 Å². The highest BCUT2D eigenvalue weighted by molar-refractivity contribution is 5.88. The Kier molecular flexibility index (Phi) is 6.87. The van der Waals surface area contributed by atoms with E-state index in [0.717, 1.165) is 17.7 Å². The van der Waals surface area contributed by atoms with Crippen molar-refractivity contribution >= 4 is 11.1 Å². The van der Waals surface area contributed by atoms with Crippen LogP contribution >= 0.6 is 0 Å². The Hall–Kier alpha value is -5.71. The second-order valence-electron chi connectivity index (χ2n) is 9.48. The molecule has 0 aliphatic heterocycles. The first-order valence-corrected chi connectivity index (χ1v) is 12.3. The lowest BCUT2D eigenvalue weighted by atomic mass is 9.95. The number of hydrogen-bond acceptors (Lipinski definition) is 3. The van der Waals surface area contributed by atoms with Crippen LogP contribution < -0.4 is 15.2 Å². The van der Waals surface area contributed by atoms with Gasteiger partial charge in [-0.15, -0.1) is 13.2 Å². The van der Waals surface area contributed by atoms with Gasteiger partial charge in [0.05, 0.1) is 5.57 Å². The molecule has 0 heterocycles. The van der Waals surface area contributed by atoms with Crippen molar-refractivity contribution in [1.82, 2.24) is 0 Å². The number of nitrogens with zero attached hydrogens (tertiary/aromatic N) is 4. The zero-order valence-electron chi connectivity index (χ0n) is 21.6. The molecule has 0 N–H and O–H groups in total. The van der Waals surface area contributed by atoms with Crippen molar-refractivity contribution in [3.63, 3.8) is 0 Å². The van der Waals surface area contributed by atoms with Crippen LogP contribution in [-0.2, 0) is 12.8 Å². The maximum atomic E-state index is 16.6. The monoisotopic (exact) mass is 566 g/mol. The van der Waals surface area contributed by atoms with Crippen molar-refractivity contribution in [2.75, 3.05) is 0 Å². The van der Waals surface area contributed by atoms with E-state index in [-0.39, 0.29) is 68.1 Å². The molecular formula is C32H15F5N4O. The number of halogens is 5. The molecule has 0 bridgehead atoms.